The van der Waals surface area contributed by atoms with E-state index >= 15 is 0 Å². The quantitative estimate of drug-likeness (QED) is 0.703. The number of piperidine rings is 1. The first-order valence-electron chi connectivity index (χ1n) is 4.49. The molecule has 0 atom stereocenters. The summed E-state index contributed by atoms with van der Waals surface area (Å²) in [7, 11) is 0. The SMILES string of the molecule is O=C1CCCN(c2ncncc2Cl)C1. The van der Waals surface area contributed by atoms with E-state index in [4.69, 9.17) is 11.6 Å². The molecule has 1 saturated heterocycles. The van der Waals surface area contributed by atoms with Gasteiger partial charge in [-0.3, -0.25) is 4.79 Å². The number of ketones is 1. The number of Topliss-reactive ketones (excluding diaryl/α,β-unsaturated/α-hetero) is 1. The summed E-state index contributed by atoms with van der Waals surface area (Å²) in [5, 5.41) is 0.502. The predicted octanol–water partition coefficient (Wildman–Crippen LogP) is 1.30. The normalized spacial score (nSPS) is 17.2. The highest BCUT2D eigenvalue weighted by molar-refractivity contribution is 6.32. The molecular formula is C9H10ClN3O. The molecule has 0 aliphatic carbocycles. The van der Waals surface area contributed by atoms with Crippen molar-refractivity contribution in [1.82, 2.24) is 9.97 Å². The third-order valence-corrected chi connectivity index (χ3v) is 2.47. The number of carbonyl (C=O) groups excluding carboxylic acids is 1. The average Bonchev–Trinajstić information content (AvgIpc) is 2.18. The van der Waals surface area contributed by atoms with Gasteiger partial charge >= 0.3 is 0 Å². The van der Waals surface area contributed by atoms with Crippen LogP contribution in [0, 0.1) is 0 Å². The van der Waals surface area contributed by atoms with E-state index in [1.807, 2.05) is 4.90 Å². The molecule has 14 heavy (non-hydrogen) atoms. The molecule has 2 heterocycles. The maximum Gasteiger partial charge on any atom is 0.152 e. The molecule has 1 aromatic rings. The van der Waals surface area contributed by atoms with Crippen LogP contribution in [0.25, 0.3) is 0 Å². The monoisotopic (exact) mass is 211 g/mol. The van der Waals surface area contributed by atoms with E-state index in [9.17, 15) is 4.79 Å². The van der Waals surface area contributed by atoms with E-state index in [-0.39, 0.29) is 5.78 Å². The fourth-order valence-electron chi connectivity index (χ4n) is 1.56. The molecule has 0 bridgehead atoms. The summed E-state index contributed by atoms with van der Waals surface area (Å²) < 4.78 is 0. The van der Waals surface area contributed by atoms with Crippen LogP contribution in [0.2, 0.25) is 5.02 Å². The van der Waals surface area contributed by atoms with E-state index in [0.717, 1.165) is 13.0 Å². The zero-order valence-corrected chi connectivity index (χ0v) is 8.37. The van der Waals surface area contributed by atoms with Crippen molar-refractivity contribution in [1.29, 1.82) is 0 Å². The molecule has 0 radical (unpaired) electrons. The number of hydrogen-bond donors (Lipinski definition) is 0. The summed E-state index contributed by atoms with van der Waals surface area (Å²) in [6, 6.07) is 0. The minimum atomic E-state index is 0.242. The van der Waals surface area contributed by atoms with Gasteiger partial charge in [0, 0.05) is 13.0 Å². The molecular weight excluding hydrogens is 202 g/mol. The highest BCUT2D eigenvalue weighted by Gasteiger charge is 2.19. The number of halogens is 1. The van der Waals surface area contributed by atoms with E-state index in [1.165, 1.54) is 6.33 Å². The Labute approximate surface area is 86.9 Å². The highest BCUT2D eigenvalue weighted by Crippen LogP contribution is 2.23. The van der Waals surface area contributed by atoms with Gasteiger partial charge in [0.05, 0.1) is 12.7 Å². The van der Waals surface area contributed by atoms with Crippen LogP contribution < -0.4 is 4.90 Å². The Bertz CT molecular complexity index is 356. The van der Waals surface area contributed by atoms with Gasteiger partial charge in [-0.1, -0.05) is 11.6 Å². The fourth-order valence-corrected chi connectivity index (χ4v) is 1.78. The summed E-state index contributed by atoms with van der Waals surface area (Å²) >= 11 is 5.93. The minimum Gasteiger partial charge on any atom is -0.348 e. The molecule has 0 N–H and O–H groups in total. The Hall–Kier alpha value is -1.16. The molecule has 74 valence electrons. The van der Waals surface area contributed by atoms with Gasteiger partial charge in [-0.05, 0) is 6.42 Å². The van der Waals surface area contributed by atoms with Crippen LogP contribution >= 0.6 is 11.6 Å². The first kappa shape index (κ1) is 9.40. The van der Waals surface area contributed by atoms with E-state index in [1.54, 1.807) is 6.20 Å². The zero-order chi connectivity index (χ0) is 9.97. The highest BCUT2D eigenvalue weighted by atomic mass is 35.5. The molecule has 0 saturated carbocycles. The maximum atomic E-state index is 11.2. The van der Waals surface area contributed by atoms with Gasteiger partial charge in [-0.15, -0.1) is 0 Å². The molecule has 2 rings (SSSR count). The van der Waals surface area contributed by atoms with Crippen LogP contribution in [-0.4, -0.2) is 28.8 Å². The fraction of sp³-hybridized carbons (Fsp3) is 0.444. The number of rotatable bonds is 1. The molecule has 0 aromatic carbocycles. The molecule has 4 nitrogen and oxygen atoms in total. The predicted molar refractivity (Wildman–Crippen MR) is 53.5 cm³/mol. The molecule has 1 aromatic heterocycles. The largest absolute Gasteiger partial charge is 0.348 e. The third kappa shape index (κ3) is 1.85. The number of anilines is 1. The molecule has 1 fully saturated rings. The van der Waals surface area contributed by atoms with Gasteiger partial charge < -0.3 is 4.90 Å². The van der Waals surface area contributed by atoms with Crippen molar-refractivity contribution in [3.05, 3.63) is 17.5 Å². The lowest BCUT2D eigenvalue weighted by Gasteiger charge is -2.27. The van der Waals surface area contributed by atoms with Gasteiger partial charge in [0.25, 0.3) is 0 Å². The Morgan fingerprint density at radius 2 is 2.36 bits per heavy atom. The minimum absolute atomic E-state index is 0.242. The van der Waals surface area contributed by atoms with Crippen molar-refractivity contribution in [2.75, 3.05) is 18.0 Å². The lowest BCUT2D eigenvalue weighted by atomic mass is 10.1. The van der Waals surface area contributed by atoms with Crippen molar-refractivity contribution in [3.8, 4) is 0 Å². The molecule has 5 heteroatoms. The second-order valence-electron chi connectivity index (χ2n) is 3.26. The summed E-state index contributed by atoms with van der Waals surface area (Å²) in [4.78, 5) is 21.0. The van der Waals surface area contributed by atoms with Crippen LogP contribution in [0.5, 0.6) is 0 Å². The molecule has 0 amide bonds. The van der Waals surface area contributed by atoms with Crippen LogP contribution in [0.15, 0.2) is 12.5 Å². The first-order chi connectivity index (χ1) is 6.77. The Morgan fingerprint density at radius 3 is 3.07 bits per heavy atom. The number of carbonyl (C=O) groups is 1. The van der Waals surface area contributed by atoms with Crippen molar-refractivity contribution >= 4 is 23.2 Å². The lowest BCUT2D eigenvalue weighted by molar-refractivity contribution is -0.118. The lowest BCUT2D eigenvalue weighted by Crippen LogP contribution is -2.36. The molecule has 0 spiro atoms. The van der Waals surface area contributed by atoms with Gasteiger partial charge in [-0.25, -0.2) is 9.97 Å². The average molecular weight is 212 g/mol. The van der Waals surface area contributed by atoms with Crippen molar-refractivity contribution in [2.45, 2.75) is 12.8 Å². The third-order valence-electron chi connectivity index (χ3n) is 2.20. The Kier molecular flexibility index (Phi) is 2.63. The van der Waals surface area contributed by atoms with Crippen LogP contribution in [-0.2, 0) is 4.79 Å². The Balaban J connectivity index is 2.22. The van der Waals surface area contributed by atoms with Gasteiger partial charge in [0.15, 0.2) is 11.6 Å². The number of aromatic nitrogens is 2. The van der Waals surface area contributed by atoms with Crippen molar-refractivity contribution in [3.63, 3.8) is 0 Å². The van der Waals surface area contributed by atoms with Crippen LogP contribution in [0.1, 0.15) is 12.8 Å². The second kappa shape index (κ2) is 3.92. The second-order valence-corrected chi connectivity index (χ2v) is 3.67. The van der Waals surface area contributed by atoms with Crippen molar-refractivity contribution < 1.29 is 4.79 Å². The van der Waals surface area contributed by atoms with Crippen LogP contribution in [0.4, 0.5) is 5.82 Å². The zero-order valence-electron chi connectivity index (χ0n) is 7.61. The summed E-state index contributed by atoms with van der Waals surface area (Å²) in [5.41, 5.74) is 0. The summed E-state index contributed by atoms with van der Waals surface area (Å²) in [6.07, 6.45) is 4.53. The van der Waals surface area contributed by atoms with E-state index in [0.29, 0.717) is 23.8 Å². The van der Waals surface area contributed by atoms with Crippen LogP contribution in [0.3, 0.4) is 0 Å². The van der Waals surface area contributed by atoms with Gasteiger partial charge in [0.1, 0.15) is 11.3 Å². The van der Waals surface area contributed by atoms with Gasteiger partial charge in [0.2, 0.25) is 0 Å². The van der Waals surface area contributed by atoms with E-state index in [2.05, 4.69) is 9.97 Å². The molecule has 0 unspecified atom stereocenters. The number of hydrogen-bond acceptors (Lipinski definition) is 4. The van der Waals surface area contributed by atoms with Gasteiger partial charge in [-0.2, -0.15) is 0 Å². The summed E-state index contributed by atoms with van der Waals surface area (Å²) in [6.45, 7) is 1.25. The number of nitrogens with zero attached hydrogens (tertiary/aromatic N) is 3. The maximum absolute atomic E-state index is 11.2. The van der Waals surface area contributed by atoms with E-state index < -0.39 is 0 Å². The molecule has 1 aliphatic heterocycles. The smallest absolute Gasteiger partial charge is 0.152 e. The summed E-state index contributed by atoms with van der Waals surface area (Å²) in [5.74, 6) is 0.903. The molecule has 1 aliphatic rings. The standard InChI is InChI=1S/C9H10ClN3O/c10-8-4-11-6-12-9(8)13-3-1-2-7(14)5-13/h4,6H,1-3,5H2. The Morgan fingerprint density at radius 1 is 1.50 bits per heavy atom. The topological polar surface area (TPSA) is 46.1 Å². The first-order valence-corrected chi connectivity index (χ1v) is 4.87. The van der Waals surface area contributed by atoms with Crippen molar-refractivity contribution in [2.24, 2.45) is 0 Å².